The molecule has 0 atom stereocenters. The molecule has 4 aromatic rings. The molecule has 0 saturated heterocycles. The minimum absolute atomic E-state index is 0.0867. The van der Waals surface area contributed by atoms with Crippen LogP contribution in [0.1, 0.15) is 31.1 Å². The second kappa shape index (κ2) is 9.68. The number of hydrogen-bond donors (Lipinski definition) is 2. The molecule has 1 radical (unpaired) electrons. The largest absolute Gasteiger partial charge is 0.402 e. The highest BCUT2D eigenvalue weighted by molar-refractivity contribution is 7.14. The van der Waals surface area contributed by atoms with E-state index < -0.39 is 0 Å². The first kappa shape index (κ1) is 23.5. The van der Waals surface area contributed by atoms with Crippen molar-refractivity contribution < 1.29 is 9.59 Å². The molecule has 8 nitrogen and oxygen atoms in total. The van der Waals surface area contributed by atoms with Crippen LogP contribution in [0.3, 0.4) is 0 Å². The molecule has 0 fully saturated rings. The Hall–Kier alpha value is -3.66. The molecule has 173 valence electrons. The average Bonchev–Trinajstić information content (AvgIpc) is 3.57. The highest BCUT2D eigenvalue weighted by Crippen LogP contribution is 2.29. The quantitative estimate of drug-likeness (QED) is 0.395. The van der Waals surface area contributed by atoms with E-state index in [1.54, 1.807) is 22.9 Å². The zero-order chi connectivity index (χ0) is 24.3. The van der Waals surface area contributed by atoms with Crippen LogP contribution in [0, 0.1) is 0 Å². The maximum absolute atomic E-state index is 12.3. The lowest BCUT2D eigenvalue weighted by Crippen LogP contribution is -2.32. The van der Waals surface area contributed by atoms with Crippen molar-refractivity contribution in [2.24, 2.45) is 0 Å². The summed E-state index contributed by atoms with van der Waals surface area (Å²) >= 11 is 1.34. The number of carbonyl (C=O) groups is 2. The number of nitrogens with one attached hydrogen (secondary N) is 2. The van der Waals surface area contributed by atoms with Gasteiger partial charge in [-0.3, -0.25) is 14.3 Å². The van der Waals surface area contributed by atoms with Crippen molar-refractivity contribution in [1.29, 1.82) is 0 Å². The van der Waals surface area contributed by atoms with Crippen LogP contribution in [-0.4, -0.2) is 45.0 Å². The van der Waals surface area contributed by atoms with E-state index in [2.05, 4.69) is 36.4 Å². The van der Waals surface area contributed by atoms with Crippen LogP contribution in [0.25, 0.3) is 22.5 Å². The standard InChI is InChI=1S/C24H26BN6O2S/c1-24(2,3)31-11-9-19(29-31)16-6-5-7-17(12-16)20-15-34-23(27-20)28-21(32)13-26-22(33)18-8-10-30(14-18)25-4/h5-12,14-15H,13H2,1-4H3,(H,26,33)(H,27,28,32). The second-order valence-electron chi connectivity index (χ2n) is 8.77. The molecule has 0 aliphatic heterocycles. The summed E-state index contributed by atoms with van der Waals surface area (Å²) in [4.78, 5) is 29.0. The van der Waals surface area contributed by atoms with Gasteiger partial charge in [-0.15, -0.1) is 11.3 Å². The van der Waals surface area contributed by atoms with Crippen LogP contribution in [-0.2, 0) is 10.3 Å². The number of carbonyl (C=O) groups excluding carboxylic acids is 2. The number of thiazole rings is 1. The van der Waals surface area contributed by atoms with Crippen molar-refractivity contribution in [3.05, 3.63) is 65.9 Å². The molecule has 2 N–H and O–H groups in total. The SMILES string of the molecule is C[B]n1ccc(C(=O)NCC(=O)Nc2nc(-c3cccc(-c4ccn(C(C)(C)C)n4)c3)cs2)c1. The lowest BCUT2D eigenvalue weighted by Gasteiger charge is -2.18. The number of anilines is 1. The fourth-order valence-corrected chi connectivity index (χ4v) is 4.02. The Morgan fingerprint density at radius 3 is 2.53 bits per heavy atom. The molecule has 0 aliphatic rings. The van der Waals surface area contributed by atoms with Crippen LogP contribution < -0.4 is 10.6 Å². The Balaban J connectivity index is 1.38. The average molecular weight is 473 g/mol. The van der Waals surface area contributed by atoms with Crippen molar-refractivity contribution in [2.75, 3.05) is 11.9 Å². The molecule has 34 heavy (non-hydrogen) atoms. The van der Waals surface area contributed by atoms with E-state index in [1.807, 2.05) is 60.8 Å². The Morgan fingerprint density at radius 1 is 1.09 bits per heavy atom. The number of nitrogens with zero attached hydrogens (tertiary/aromatic N) is 4. The third-order valence-electron chi connectivity index (χ3n) is 5.17. The molecule has 0 aliphatic carbocycles. The Bertz CT molecular complexity index is 1320. The zero-order valence-electron chi connectivity index (χ0n) is 19.6. The maximum atomic E-state index is 12.3. The maximum Gasteiger partial charge on any atom is 0.253 e. The van der Waals surface area contributed by atoms with Gasteiger partial charge < -0.3 is 15.1 Å². The van der Waals surface area contributed by atoms with Gasteiger partial charge in [0.2, 0.25) is 13.3 Å². The van der Waals surface area contributed by atoms with Crippen molar-refractivity contribution in [2.45, 2.75) is 33.1 Å². The van der Waals surface area contributed by atoms with Crippen LogP contribution in [0.15, 0.2) is 60.4 Å². The molecule has 0 unspecified atom stereocenters. The monoisotopic (exact) mass is 473 g/mol. The van der Waals surface area contributed by atoms with Gasteiger partial charge in [0.1, 0.15) is 0 Å². The number of rotatable bonds is 7. The normalized spacial score (nSPS) is 11.3. The number of amides is 2. The van der Waals surface area contributed by atoms with E-state index in [1.165, 1.54) is 11.3 Å². The summed E-state index contributed by atoms with van der Waals surface area (Å²) in [6, 6.07) is 11.7. The summed E-state index contributed by atoms with van der Waals surface area (Å²) in [7, 11) is 1.83. The van der Waals surface area contributed by atoms with Crippen LogP contribution in [0.5, 0.6) is 0 Å². The molecule has 0 saturated carbocycles. The van der Waals surface area contributed by atoms with E-state index in [4.69, 9.17) is 5.10 Å². The fourth-order valence-electron chi connectivity index (χ4n) is 3.29. The first-order valence-corrected chi connectivity index (χ1v) is 11.8. The van der Waals surface area contributed by atoms with Gasteiger partial charge in [0, 0.05) is 28.9 Å². The number of hydrogen-bond acceptors (Lipinski definition) is 5. The molecule has 1 aromatic carbocycles. The van der Waals surface area contributed by atoms with E-state index >= 15 is 0 Å². The molecule has 4 rings (SSSR count). The summed E-state index contributed by atoms with van der Waals surface area (Å²) in [5.41, 5.74) is 3.99. The predicted octanol–water partition coefficient (Wildman–Crippen LogP) is 4.11. The highest BCUT2D eigenvalue weighted by atomic mass is 32.1. The first-order valence-electron chi connectivity index (χ1n) is 10.9. The van der Waals surface area contributed by atoms with Crippen molar-refractivity contribution >= 4 is 35.7 Å². The third kappa shape index (κ3) is 5.45. The summed E-state index contributed by atoms with van der Waals surface area (Å²) < 4.78 is 3.72. The fraction of sp³-hybridized carbons (Fsp3) is 0.250. The first-order chi connectivity index (χ1) is 16.2. The van der Waals surface area contributed by atoms with Gasteiger partial charge in [-0.2, -0.15) is 5.10 Å². The molecule has 10 heteroatoms. The van der Waals surface area contributed by atoms with Crippen molar-refractivity contribution in [1.82, 2.24) is 24.6 Å². The molecule has 3 aromatic heterocycles. The Labute approximate surface area is 203 Å². The summed E-state index contributed by atoms with van der Waals surface area (Å²) in [6.45, 7) is 8.06. The molecule has 3 heterocycles. The van der Waals surface area contributed by atoms with Gasteiger partial charge in [0.25, 0.3) is 5.91 Å². The smallest absolute Gasteiger partial charge is 0.253 e. The Kier molecular flexibility index (Phi) is 6.69. The van der Waals surface area contributed by atoms with Gasteiger partial charge >= 0.3 is 0 Å². The third-order valence-corrected chi connectivity index (χ3v) is 5.92. The zero-order valence-corrected chi connectivity index (χ0v) is 20.4. The summed E-state index contributed by atoms with van der Waals surface area (Å²) in [5, 5.41) is 12.4. The van der Waals surface area contributed by atoms with Gasteiger partial charge in [-0.05, 0) is 45.2 Å². The second-order valence-corrected chi connectivity index (χ2v) is 9.63. The predicted molar refractivity (Wildman–Crippen MR) is 136 cm³/mol. The van der Waals surface area contributed by atoms with E-state index in [0.29, 0.717) is 10.7 Å². The lowest BCUT2D eigenvalue weighted by atomic mass is 10.0. The van der Waals surface area contributed by atoms with Crippen molar-refractivity contribution in [3.63, 3.8) is 0 Å². The van der Waals surface area contributed by atoms with Gasteiger partial charge in [-0.1, -0.05) is 25.0 Å². The number of benzene rings is 1. The summed E-state index contributed by atoms with van der Waals surface area (Å²) in [5.74, 6) is -0.640. The van der Waals surface area contributed by atoms with Crippen LogP contribution >= 0.6 is 11.3 Å². The number of aromatic nitrogens is 4. The highest BCUT2D eigenvalue weighted by Gasteiger charge is 2.15. The molecule has 0 bridgehead atoms. The van der Waals surface area contributed by atoms with Crippen LogP contribution in [0.4, 0.5) is 5.13 Å². The van der Waals surface area contributed by atoms with E-state index in [0.717, 1.165) is 22.5 Å². The van der Waals surface area contributed by atoms with Gasteiger partial charge in [-0.25, -0.2) is 4.98 Å². The van der Waals surface area contributed by atoms with Crippen molar-refractivity contribution in [3.8, 4) is 22.5 Å². The van der Waals surface area contributed by atoms with E-state index in [-0.39, 0.29) is 23.9 Å². The lowest BCUT2D eigenvalue weighted by molar-refractivity contribution is -0.115. The van der Waals surface area contributed by atoms with E-state index in [9.17, 15) is 9.59 Å². The Morgan fingerprint density at radius 2 is 1.85 bits per heavy atom. The molecular weight excluding hydrogens is 447 g/mol. The van der Waals surface area contributed by atoms with Crippen LogP contribution in [0.2, 0.25) is 6.82 Å². The van der Waals surface area contributed by atoms with Gasteiger partial charge in [0.15, 0.2) is 5.13 Å². The topological polar surface area (TPSA) is 93.8 Å². The molecular formula is C24H26BN6O2S. The minimum Gasteiger partial charge on any atom is -0.402 e. The molecule has 2 amide bonds. The van der Waals surface area contributed by atoms with Gasteiger partial charge in [0.05, 0.1) is 29.0 Å². The minimum atomic E-state index is -0.336. The molecule has 0 spiro atoms. The summed E-state index contributed by atoms with van der Waals surface area (Å²) in [6.07, 6.45) is 5.45.